The molecule has 0 radical (unpaired) electrons. The molecule has 5 heteroatoms. The van der Waals surface area contributed by atoms with Crippen LogP contribution in [0.1, 0.15) is 19.4 Å². The van der Waals surface area contributed by atoms with E-state index in [0.717, 1.165) is 11.3 Å². The molecule has 0 aliphatic rings. The summed E-state index contributed by atoms with van der Waals surface area (Å²) in [6.07, 6.45) is 3.19. The molecule has 2 aromatic carbocycles. The van der Waals surface area contributed by atoms with Crippen LogP contribution in [0.25, 0.3) is 6.08 Å². The van der Waals surface area contributed by atoms with Crippen LogP contribution in [0.3, 0.4) is 0 Å². The summed E-state index contributed by atoms with van der Waals surface area (Å²) in [5.41, 5.74) is 1.53. The molecule has 0 bridgehead atoms. The summed E-state index contributed by atoms with van der Waals surface area (Å²) in [5, 5.41) is 2.83. The van der Waals surface area contributed by atoms with Gasteiger partial charge in [0.1, 0.15) is 5.75 Å². The number of hydrogen-bond acceptors (Lipinski definition) is 4. The predicted octanol–water partition coefficient (Wildman–Crippen LogP) is 4.39. The summed E-state index contributed by atoms with van der Waals surface area (Å²) in [6, 6.07) is 12.8. The van der Waals surface area contributed by atoms with Crippen molar-refractivity contribution in [2.75, 3.05) is 26.1 Å². The third kappa shape index (κ3) is 5.84. The number of anilines is 1. The molecule has 0 atom stereocenters. The Bertz CT molecular complexity index is 768. The van der Waals surface area contributed by atoms with Crippen molar-refractivity contribution >= 4 is 17.7 Å². The predicted molar refractivity (Wildman–Crippen MR) is 104 cm³/mol. The molecule has 0 aliphatic carbocycles. The van der Waals surface area contributed by atoms with Crippen LogP contribution in [0, 0.1) is 5.92 Å². The molecule has 138 valence electrons. The Morgan fingerprint density at radius 2 is 1.85 bits per heavy atom. The lowest BCUT2D eigenvalue weighted by Gasteiger charge is -2.10. The highest BCUT2D eigenvalue weighted by molar-refractivity contribution is 6.02. The van der Waals surface area contributed by atoms with Gasteiger partial charge in [-0.25, -0.2) is 0 Å². The van der Waals surface area contributed by atoms with Crippen LogP contribution in [-0.2, 0) is 4.79 Å². The van der Waals surface area contributed by atoms with Gasteiger partial charge in [0, 0.05) is 17.8 Å². The fraction of sp³-hybridized carbons (Fsp3) is 0.286. The minimum atomic E-state index is -0.221. The normalized spacial score (nSPS) is 10.8. The van der Waals surface area contributed by atoms with E-state index in [1.165, 1.54) is 6.08 Å². The molecule has 0 saturated heterocycles. The second kappa shape index (κ2) is 9.51. The second-order valence-electron chi connectivity index (χ2n) is 6.17. The zero-order chi connectivity index (χ0) is 18.9. The highest BCUT2D eigenvalue weighted by atomic mass is 16.5. The van der Waals surface area contributed by atoms with E-state index in [4.69, 9.17) is 14.2 Å². The Balaban J connectivity index is 2.00. The molecular formula is C21H25NO4. The van der Waals surface area contributed by atoms with E-state index in [-0.39, 0.29) is 5.91 Å². The smallest absolute Gasteiger partial charge is 0.248 e. The molecule has 2 aromatic rings. The van der Waals surface area contributed by atoms with Crippen molar-refractivity contribution in [1.29, 1.82) is 0 Å². The van der Waals surface area contributed by atoms with Crippen molar-refractivity contribution in [3.8, 4) is 17.2 Å². The van der Waals surface area contributed by atoms with Gasteiger partial charge in [0.05, 0.1) is 20.8 Å². The number of carbonyl (C=O) groups is 1. The van der Waals surface area contributed by atoms with E-state index < -0.39 is 0 Å². The summed E-state index contributed by atoms with van der Waals surface area (Å²) in [4.78, 5) is 12.1. The molecule has 0 heterocycles. The fourth-order valence-electron chi connectivity index (χ4n) is 2.24. The van der Waals surface area contributed by atoms with Crippen LogP contribution in [-0.4, -0.2) is 26.7 Å². The van der Waals surface area contributed by atoms with Crippen molar-refractivity contribution in [2.24, 2.45) is 5.92 Å². The molecule has 2 rings (SSSR count). The topological polar surface area (TPSA) is 56.8 Å². The molecule has 0 saturated carbocycles. The molecule has 0 aliphatic heterocycles. The SMILES string of the molecule is COc1ccc(/C=C/C(=O)Nc2cccc(OCC(C)C)c2)cc1OC. The van der Waals surface area contributed by atoms with Crippen LogP contribution < -0.4 is 19.5 Å². The van der Waals surface area contributed by atoms with Gasteiger partial charge in [-0.15, -0.1) is 0 Å². The van der Waals surface area contributed by atoms with Crippen molar-refractivity contribution in [3.63, 3.8) is 0 Å². The maximum Gasteiger partial charge on any atom is 0.248 e. The van der Waals surface area contributed by atoms with Gasteiger partial charge in [0.25, 0.3) is 0 Å². The standard InChI is InChI=1S/C21H25NO4/c1-15(2)14-26-18-7-5-6-17(13-18)22-21(23)11-9-16-8-10-19(24-3)20(12-16)25-4/h5-13,15H,14H2,1-4H3,(H,22,23)/b11-9+. The average molecular weight is 355 g/mol. The monoisotopic (exact) mass is 355 g/mol. The summed E-state index contributed by atoms with van der Waals surface area (Å²) in [6.45, 7) is 4.81. The summed E-state index contributed by atoms with van der Waals surface area (Å²) in [7, 11) is 3.16. The lowest BCUT2D eigenvalue weighted by molar-refractivity contribution is -0.111. The first kappa shape index (κ1) is 19.4. The first-order valence-corrected chi connectivity index (χ1v) is 8.45. The molecule has 5 nitrogen and oxygen atoms in total. The maximum absolute atomic E-state index is 12.1. The van der Waals surface area contributed by atoms with Gasteiger partial charge in [0.15, 0.2) is 11.5 Å². The van der Waals surface area contributed by atoms with E-state index in [0.29, 0.717) is 29.7 Å². The van der Waals surface area contributed by atoms with E-state index in [1.54, 1.807) is 26.4 Å². The maximum atomic E-state index is 12.1. The first-order valence-electron chi connectivity index (χ1n) is 8.45. The number of carbonyl (C=O) groups excluding carboxylic acids is 1. The van der Waals surface area contributed by atoms with E-state index in [9.17, 15) is 4.79 Å². The van der Waals surface area contributed by atoms with Crippen LogP contribution >= 0.6 is 0 Å². The zero-order valence-electron chi connectivity index (χ0n) is 15.6. The van der Waals surface area contributed by atoms with Crippen molar-refractivity contribution in [3.05, 3.63) is 54.1 Å². The molecule has 1 amide bonds. The number of methoxy groups -OCH3 is 2. The third-order valence-electron chi connectivity index (χ3n) is 3.52. The highest BCUT2D eigenvalue weighted by Crippen LogP contribution is 2.28. The number of ether oxygens (including phenoxy) is 3. The molecule has 0 fully saturated rings. The largest absolute Gasteiger partial charge is 0.493 e. The van der Waals surface area contributed by atoms with E-state index in [1.807, 2.05) is 36.4 Å². The van der Waals surface area contributed by atoms with Crippen molar-refractivity contribution in [2.45, 2.75) is 13.8 Å². The van der Waals surface area contributed by atoms with Crippen molar-refractivity contribution in [1.82, 2.24) is 0 Å². The lowest BCUT2D eigenvalue weighted by atomic mass is 10.2. The van der Waals surface area contributed by atoms with Gasteiger partial charge < -0.3 is 19.5 Å². The summed E-state index contributed by atoms with van der Waals surface area (Å²) >= 11 is 0. The Hall–Kier alpha value is -2.95. The number of rotatable bonds is 8. The molecule has 26 heavy (non-hydrogen) atoms. The first-order chi connectivity index (χ1) is 12.5. The van der Waals surface area contributed by atoms with Crippen LogP contribution in [0.15, 0.2) is 48.5 Å². The van der Waals surface area contributed by atoms with E-state index >= 15 is 0 Å². The summed E-state index contributed by atoms with van der Waals surface area (Å²) in [5.74, 6) is 2.22. The second-order valence-corrected chi connectivity index (χ2v) is 6.17. The molecule has 0 spiro atoms. The van der Waals surface area contributed by atoms with Gasteiger partial charge in [0.2, 0.25) is 5.91 Å². The van der Waals surface area contributed by atoms with Crippen LogP contribution in [0.2, 0.25) is 0 Å². The van der Waals surface area contributed by atoms with Crippen LogP contribution in [0.5, 0.6) is 17.2 Å². The quantitative estimate of drug-likeness (QED) is 0.714. The zero-order valence-corrected chi connectivity index (χ0v) is 15.6. The number of nitrogens with one attached hydrogen (secondary N) is 1. The number of benzene rings is 2. The molecule has 0 aromatic heterocycles. The van der Waals surface area contributed by atoms with Gasteiger partial charge in [-0.05, 0) is 41.8 Å². The minimum Gasteiger partial charge on any atom is -0.493 e. The third-order valence-corrected chi connectivity index (χ3v) is 3.52. The van der Waals surface area contributed by atoms with Gasteiger partial charge in [-0.3, -0.25) is 4.79 Å². The minimum absolute atomic E-state index is 0.221. The Morgan fingerprint density at radius 3 is 2.54 bits per heavy atom. The molecular weight excluding hydrogens is 330 g/mol. The lowest BCUT2D eigenvalue weighted by Crippen LogP contribution is -2.08. The Labute approximate surface area is 154 Å². The van der Waals surface area contributed by atoms with Gasteiger partial charge in [-0.1, -0.05) is 26.0 Å². The summed E-state index contributed by atoms with van der Waals surface area (Å²) < 4.78 is 16.1. The Morgan fingerprint density at radius 1 is 1.08 bits per heavy atom. The number of hydrogen-bond donors (Lipinski definition) is 1. The average Bonchev–Trinajstić information content (AvgIpc) is 2.64. The molecule has 0 unspecified atom stereocenters. The highest BCUT2D eigenvalue weighted by Gasteiger charge is 2.04. The van der Waals surface area contributed by atoms with Gasteiger partial charge >= 0.3 is 0 Å². The van der Waals surface area contributed by atoms with Crippen molar-refractivity contribution < 1.29 is 19.0 Å². The number of amides is 1. The Kier molecular flexibility index (Phi) is 7.09. The fourth-order valence-corrected chi connectivity index (χ4v) is 2.24. The van der Waals surface area contributed by atoms with E-state index in [2.05, 4.69) is 19.2 Å². The van der Waals surface area contributed by atoms with Crippen LogP contribution in [0.4, 0.5) is 5.69 Å². The van der Waals surface area contributed by atoms with Gasteiger partial charge in [-0.2, -0.15) is 0 Å². The molecule has 1 N–H and O–H groups in total.